The maximum Gasteiger partial charge on any atom is 0.203 e. The Labute approximate surface area is 127 Å². The molecule has 21 heavy (non-hydrogen) atoms. The van der Waals surface area contributed by atoms with Crippen LogP contribution in [0.3, 0.4) is 0 Å². The van der Waals surface area contributed by atoms with Gasteiger partial charge in [-0.05, 0) is 43.0 Å². The van der Waals surface area contributed by atoms with Gasteiger partial charge in [-0.2, -0.15) is 0 Å². The highest BCUT2D eigenvalue weighted by Crippen LogP contribution is 2.38. The van der Waals surface area contributed by atoms with Crippen molar-refractivity contribution in [1.82, 2.24) is 0 Å². The topological polar surface area (TPSA) is 36.9 Å². The molecule has 0 aliphatic heterocycles. The molecular formula is C17H24O4. The Balaban J connectivity index is 2.68. The second-order valence-electron chi connectivity index (χ2n) is 4.40. The van der Waals surface area contributed by atoms with Crippen LogP contribution in [-0.4, -0.2) is 28.4 Å². The van der Waals surface area contributed by atoms with Gasteiger partial charge in [0.15, 0.2) is 11.5 Å². The minimum Gasteiger partial charge on any atom is -0.505 e. The maximum atomic E-state index is 5.33. The standard InChI is InChI=1S/C17H24O4/c1-18-11-9-7-5-6-8-10-14-12-15(19-2)17(21-4)16(13-14)20-3/h8-13H,5-7H2,1-4H3/b10-8+,11-9+. The summed E-state index contributed by atoms with van der Waals surface area (Å²) in [5, 5.41) is 0. The van der Waals surface area contributed by atoms with Crippen LogP contribution in [-0.2, 0) is 4.74 Å². The average molecular weight is 292 g/mol. The predicted molar refractivity (Wildman–Crippen MR) is 85.1 cm³/mol. The molecule has 0 radical (unpaired) electrons. The molecular weight excluding hydrogens is 268 g/mol. The van der Waals surface area contributed by atoms with Crippen LogP contribution in [0.25, 0.3) is 6.08 Å². The van der Waals surface area contributed by atoms with Gasteiger partial charge in [0, 0.05) is 0 Å². The summed E-state index contributed by atoms with van der Waals surface area (Å²) in [6, 6.07) is 3.87. The van der Waals surface area contributed by atoms with E-state index in [0.29, 0.717) is 17.2 Å². The largest absolute Gasteiger partial charge is 0.505 e. The molecule has 0 saturated heterocycles. The number of hydrogen-bond donors (Lipinski definition) is 0. The van der Waals surface area contributed by atoms with Crippen molar-refractivity contribution in [2.24, 2.45) is 0 Å². The Bertz CT molecular complexity index is 453. The summed E-state index contributed by atoms with van der Waals surface area (Å²) in [4.78, 5) is 0. The summed E-state index contributed by atoms with van der Waals surface area (Å²) >= 11 is 0. The zero-order chi connectivity index (χ0) is 15.5. The van der Waals surface area contributed by atoms with Crippen molar-refractivity contribution in [3.8, 4) is 17.2 Å². The van der Waals surface area contributed by atoms with Crippen molar-refractivity contribution < 1.29 is 18.9 Å². The van der Waals surface area contributed by atoms with Crippen LogP contribution in [0.15, 0.2) is 30.5 Å². The predicted octanol–water partition coefficient (Wildman–Crippen LogP) is 4.06. The first-order chi connectivity index (χ1) is 10.3. The second kappa shape index (κ2) is 9.75. The Morgan fingerprint density at radius 3 is 2.00 bits per heavy atom. The minimum atomic E-state index is 0.613. The van der Waals surface area contributed by atoms with E-state index < -0.39 is 0 Å². The summed E-state index contributed by atoms with van der Waals surface area (Å²) in [7, 11) is 6.49. The number of allylic oxidation sites excluding steroid dienone is 2. The molecule has 0 aromatic heterocycles. The Kier molecular flexibility index (Phi) is 7.87. The van der Waals surface area contributed by atoms with Crippen LogP contribution in [0, 0.1) is 0 Å². The average Bonchev–Trinajstić information content (AvgIpc) is 2.52. The van der Waals surface area contributed by atoms with Gasteiger partial charge in [-0.1, -0.05) is 12.2 Å². The minimum absolute atomic E-state index is 0.613. The van der Waals surface area contributed by atoms with E-state index in [4.69, 9.17) is 18.9 Å². The molecule has 1 rings (SSSR count). The second-order valence-corrected chi connectivity index (χ2v) is 4.40. The van der Waals surface area contributed by atoms with Gasteiger partial charge in [0.1, 0.15) is 0 Å². The molecule has 4 heteroatoms. The fourth-order valence-corrected chi connectivity index (χ4v) is 1.93. The zero-order valence-electron chi connectivity index (χ0n) is 13.2. The first kappa shape index (κ1) is 17.0. The van der Waals surface area contributed by atoms with Gasteiger partial charge < -0.3 is 18.9 Å². The highest BCUT2D eigenvalue weighted by Gasteiger charge is 2.11. The van der Waals surface area contributed by atoms with Gasteiger partial charge in [0.25, 0.3) is 0 Å². The highest BCUT2D eigenvalue weighted by atomic mass is 16.5. The van der Waals surface area contributed by atoms with Crippen molar-refractivity contribution >= 4 is 6.08 Å². The lowest BCUT2D eigenvalue weighted by atomic mass is 10.1. The lowest BCUT2D eigenvalue weighted by Crippen LogP contribution is -1.95. The van der Waals surface area contributed by atoms with Gasteiger partial charge in [-0.25, -0.2) is 0 Å². The van der Waals surface area contributed by atoms with Gasteiger partial charge in [-0.3, -0.25) is 0 Å². The SMILES string of the molecule is CO/C=C/CCC/C=C/c1cc(OC)c(OC)c(OC)c1. The molecule has 0 heterocycles. The quantitative estimate of drug-likeness (QED) is 0.508. The van der Waals surface area contributed by atoms with Gasteiger partial charge >= 0.3 is 0 Å². The molecule has 1 aromatic carbocycles. The summed E-state index contributed by atoms with van der Waals surface area (Å²) in [6.45, 7) is 0. The third kappa shape index (κ3) is 5.42. The fourth-order valence-electron chi connectivity index (χ4n) is 1.93. The van der Waals surface area contributed by atoms with Crippen LogP contribution >= 0.6 is 0 Å². The van der Waals surface area contributed by atoms with E-state index in [1.54, 1.807) is 34.7 Å². The van der Waals surface area contributed by atoms with E-state index in [1.807, 2.05) is 18.2 Å². The fraction of sp³-hybridized carbons (Fsp3) is 0.412. The normalized spacial score (nSPS) is 11.0. The molecule has 0 N–H and O–H groups in total. The Morgan fingerprint density at radius 2 is 1.48 bits per heavy atom. The number of hydrogen-bond acceptors (Lipinski definition) is 4. The van der Waals surface area contributed by atoms with Gasteiger partial charge in [0.05, 0.1) is 34.7 Å². The Hall–Kier alpha value is -2.10. The molecule has 0 saturated carbocycles. The third-order valence-electron chi connectivity index (χ3n) is 2.97. The third-order valence-corrected chi connectivity index (χ3v) is 2.97. The van der Waals surface area contributed by atoms with E-state index in [0.717, 1.165) is 24.8 Å². The summed E-state index contributed by atoms with van der Waals surface area (Å²) < 4.78 is 20.8. The first-order valence-electron chi connectivity index (χ1n) is 6.91. The Morgan fingerprint density at radius 1 is 0.857 bits per heavy atom. The van der Waals surface area contributed by atoms with Crippen LogP contribution in [0.2, 0.25) is 0 Å². The van der Waals surface area contributed by atoms with Crippen LogP contribution in [0.4, 0.5) is 0 Å². The highest BCUT2D eigenvalue weighted by molar-refractivity contribution is 5.62. The number of unbranched alkanes of at least 4 members (excludes halogenated alkanes) is 2. The number of benzene rings is 1. The van der Waals surface area contributed by atoms with Crippen molar-refractivity contribution in [3.63, 3.8) is 0 Å². The van der Waals surface area contributed by atoms with E-state index in [9.17, 15) is 0 Å². The molecule has 1 aromatic rings. The van der Waals surface area contributed by atoms with Crippen molar-refractivity contribution in [1.29, 1.82) is 0 Å². The summed E-state index contributed by atoms with van der Waals surface area (Å²) in [6.07, 6.45) is 11.0. The molecule has 116 valence electrons. The maximum absolute atomic E-state index is 5.33. The van der Waals surface area contributed by atoms with E-state index in [1.165, 1.54) is 0 Å². The number of rotatable bonds is 9. The van der Waals surface area contributed by atoms with Crippen molar-refractivity contribution in [2.45, 2.75) is 19.3 Å². The molecule has 0 unspecified atom stereocenters. The van der Waals surface area contributed by atoms with E-state index in [-0.39, 0.29) is 0 Å². The smallest absolute Gasteiger partial charge is 0.203 e. The van der Waals surface area contributed by atoms with E-state index >= 15 is 0 Å². The molecule has 0 amide bonds. The molecule has 4 nitrogen and oxygen atoms in total. The molecule has 0 bridgehead atoms. The molecule has 0 spiro atoms. The first-order valence-corrected chi connectivity index (χ1v) is 6.91. The zero-order valence-corrected chi connectivity index (χ0v) is 13.2. The van der Waals surface area contributed by atoms with Crippen LogP contribution in [0.1, 0.15) is 24.8 Å². The lowest BCUT2D eigenvalue weighted by molar-refractivity contribution is 0.324. The van der Waals surface area contributed by atoms with Crippen LogP contribution < -0.4 is 14.2 Å². The molecule has 0 atom stereocenters. The number of ether oxygens (including phenoxy) is 4. The monoisotopic (exact) mass is 292 g/mol. The van der Waals surface area contributed by atoms with Crippen LogP contribution in [0.5, 0.6) is 17.2 Å². The van der Waals surface area contributed by atoms with Crippen molar-refractivity contribution in [2.75, 3.05) is 28.4 Å². The van der Waals surface area contributed by atoms with Gasteiger partial charge in [0.2, 0.25) is 5.75 Å². The molecule has 0 aliphatic carbocycles. The summed E-state index contributed by atoms with van der Waals surface area (Å²) in [5.74, 6) is 1.95. The lowest BCUT2D eigenvalue weighted by Gasteiger charge is -2.12. The van der Waals surface area contributed by atoms with Gasteiger partial charge in [-0.15, -0.1) is 0 Å². The molecule has 0 aliphatic rings. The summed E-state index contributed by atoms with van der Waals surface area (Å²) in [5.41, 5.74) is 1.02. The number of methoxy groups -OCH3 is 4. The van der Waals surface area contributed by atoms with Crippen molar-refractivity contribution in [3.05, 3.63) is 36.1 Å². The van der Waals surface area contributed by atoms with E-state index in [2.05, 4.69) is 12.2 Å². The molecule has 0 fully saturated rings.